The highest BCUT2D eigenvalue weighted by molar-refractivity contribution is 5.65. The molecule has 24 heavy (non-hydrogen) atoms. The Morgan fingerprint density at radius 2 is 2.12 bits per heavy atom. The normalized spacial score (nSPS) is 17.6. The molecule has 6 heteroatoms. The van der Waals surface area contributed by atoms with E-state index in [0.717, 1.165) is 19.4 Å². The lowest BCUT2D eigenvalue weighted by molar-refractivity contribution is -0.280. The van der Waals surface area contributed by atoms with Crippen molar-refractivity contribution in [3.8, 4) is 22.8 Å². The number of hydrogen-bond donors (Lipinski definition) is 0. The maximum absolute atomic E-state index is 12.8. The van der Waals surface area contributed by atoms with E-state index >= 15 is 0 Å². The van der Waals surface area contributed by atoms with E-state index < -0.39 is 0 Å². The second-order valence-electron chi connectivity index (χ2n) is 6.13. The number of nitrogens with zero attached hydrogens (tertiary/aromatic N) is 3. The summed E-state index contributed by atoms with van der Waals surface area (Å²) in [6.07, 6.45) is 2.00. The van der Waals surface area contributed by atoms with Gasteiger partial charge < -0.3 is 14.4 Å². The van der Waals surface area contributed by atoms with Gasteiger partial charge in [-0.3, -0.25) is 4.79 Å². The Kier molecular flexibility index (Phi) is 3.61. The third-order valence-corrected chi connectivity index (χ3v) is 4.57. The van der Waals surface area contributed by atoms with Crippen LogP contribution in [0.1, 0.15) is 18.5 Å². The quantitative estimate of drug-likeness (QED) is 0.735. The molecule has 1 aromatic rings. The minimum atomic E-state index is -0.199. The van der Waals surface area contributed by atoms with Gasteiger partial charge in [0.15, 0.2) is 0 Å². The van der Waals surface area contributed by atoms with E-state index in [1.54, 1.807) is 11.5 Å². The van der Waals surface area contributed by atoms with E-state index in [1.165, 1.54) is 10.7 Å². The molecule has 0 amide bonds. The summed E-state index contributed by atoms with van der Waals surface area (Å²) in [5.41, 5.74) is 2.08. The van der Waals surface area contributed by atoms with Gasteiger partial charge in [0.1, 0.15) is 0 Å². The van der Waals surface area contributed by atoms with Crippen molar-refractivity contribution < 1.29 is 9.84 Å². The van der Waals surface area contributed by atoms with Gasteiger partial charge in [-0.15, -0.1) is 0 Å². The number of pyridine rings is 1. The number of rotatable bonds is 3. The van der Waals surface area contributed by atoms with E-state index in [0.29, 0.717) is 29.2 Å². The SMILES string of the molecule is Cc1c2c(=O)n(-c3ccccc3)nc-2cc([O-])n1CC1CCCO1. The smallest absolute Gasteiger partial charge is 0.282 e. The number of hydrogen-bond acceptors (Lipinski definition) is 4. The van der Waals surface area contributed by atoms with E-state index in [-0.39, 0.29) is 17.5 Å². The standard InChI is InChI=1S/C18H19N3O3/c1-12-17-15(10-16(22)20(12)11-14-8-5-9-24-14)19-21(18(17)23)13-6-3-2-4-7-13/h2-4,6-7,10,14,22H,5,8-9,11H2,1H3/p-1. The molecule has 1 saturated heterocycles. The second-order valence-corrected chi connectivity index (χ2v) is 6.13. The van der Waals surface area contributed by atoms with Gasteiger partial charge in [0.2, 0.25) is 0 Å². The van der Waals surface area contributed by atoms with E-state index in [1.807, 2.05) is 30.3 Å². The molecule has 0 saturated carbocycles. The molecular formula is C18H18N3O3-. The van der Waals surface area contributed by atoms with E-state index in [4.69, 9.17) is 4.74 Å². The average molecular weight is 324 g/mol. The Hall–Kier alpha value is -2.60. The van der Waals surface area contributed by atoms with Gasteiger partial charge in [-0.2, -0.15) is 9.78 Å². The van der Waals surface area contributed by atoms with Crippen molar-refractivity contribution in [3.05, 3.63) is 52.4 Å². The summed E-state index contributed by atoms with van der Waals surface area (Å²) in [5.74, 6) is -0.145. The maximum Gasteiger partial charge on any atom is 0.282 e. The molecule has 3 aliphatic heterocycles. The van der Waals surface area contributed by atoms with Gasteiger partial charge in [-0.1, -0.05) is 18.2 Å². The number of para-hydroxylation sites is 1. The first-order chi connectivity index (χ1) is 11.6. The van der Waals surface area contributed by atoms with Crippen molar-refractivity contribution >= 4 is 0 Å². The number of aromatic nitrogens is 3. The highest BCUT2D eigenvalue weighted by atomic mass is 16.5. The van der Waals surface area contributed by atoms with Crippen molar-refractivity contribution in [3.63, 3.8) is 0 Å². The topological polar surface area (TPSA) is 72.1 Å². The summed E-state index contributed by atoms with van der Waals surface area (Å²) in [5, 5.41) is 16.8. The fourth-order valence-electron chi connectivity index (χ4n) is 3.32. The zero-order valence-corrected chi connectivity index (χ0v) is 13.4. The van der Waals surface area contributed by atoms with Crippen molar-refractivity contribution in [2.24, 2.45) is 0 Å². The van der Waals surface area contributed by atoms with Crippen LogP contribution in [0.5, 0.6) is 5.88 Å². The molecule has 4 rings (SSSR count). The first kappa shape index (κ1) is 15.0. The fourth-order valence-corrected chi connectivity index (χ4v) is 3.32. The lowest BCUT2D eigenvalue weighted by Crippen LogP contribution is -2.22. The molecule has 6 nitrogen and oxygen atoms in total. The average Bonchev–Trinajstić information content (AvgIpc) is 3.20. The fraction of sp³-hybridized carbons (Fsp3) is 0.333. The summed E-state index contributed by atoms with van der Waals surface area (Å²) in [4.78, 5) is 12.8. The van der Waals surface area contributed by atoms with E-state index in [9.17, 15) is 9.90 Å². The van der Waals surface area contributed by atoms with Gasteiger partial charge in [-0.05, 0) is 43.8 Å². The number of ether oxygens (including phenoxy) is 1. The molecule has 3 aliphatic rings. The molecule has 1 unspecified atom stereocenters. The molecule has 0 aromatic heterocycles. The molecule has 0 radical (unpaired) electrons. The molecule has 1 fully saturated rings. The Bertz CT molecular complexity index is 892. The van der Waals surface area contributed by atoms with Gasteiger partial charge in [0.05, 0.1) is 23.0 Å². The van der Waals surface area contributed by atoms with Crippen LogP contribution in [0, 0.1) is 6.92 Å². The van der Waals surface area contributed by atoms with Gasteiger partial charge in [0, 0.05) is 18.8 Å². The lowest BCUT2D eigenvalue weighted by atomic mass is 10.1. The Morgan fingerprint density at radius 1 is 1.33 bits per heavy atom. The molecular weight excluding hydrogens is 306 g/mol. The first-order valence-electron chi connectivity index (χ1n) is 8.12. The molecule has 0 bridgehead atoms. The van der Waals surface area contributed by atoms with Gasteiger partial charge in [-0.25, -0.2) is 0 Å². The lowest BCUT2D eigenvalue weighted by Gasteiger charge is -2.24. The van der Waals surface area contributed by atoms with Crippen LogP contribution < -0.4 is 10.7 Å². The maximum atomic E-state index is 12.8. The molecule has 124 valence electrons. The summed E-state index contributed by atoms with van der Waals surface area (Å²) in [6, 6.07) is 10.7. The van der Waals surface area contributed by atoms with Crippen molar-refractivity contribution in [2.45, 2.75) is 32.4 Å². The summed E-state index contributed by atoms with van der Waals surface area (Å²) in [7, 11) is 0. The van der Waals surface area contributed by atoms with Crippen LogP contribution >= 0.6 is 0 Å². The minimum Gasteiger partial charge on any atom is -0.860 e. The zero-order valence-electron chi connectivity index (χ0n) is 13.4. The highest BCUT2D eigenvalue weighted by Crippen LogP contribution is 2.27. The van der Waals surface area contributed by atoms with Crippen molar-refractivity contribution in [2.75, 3.05) is 6.61 Å². The Morgan fingerprint density at radius 3 is 2.83 bits per heavy atom. The van der Waals surface area contributed by atoms with Crippen molar-refractivity contribution in [1.82, 2.24) is 14.3 Å². The Balaban J connectivity index is 1.85. The predicted octanol–water partition coefficient (Wildman–Crippen LogP) is 1.70. The molecule has 0 spiro atoms. The van der Waals surface area contributed by atoms with Crippen LogP contribution in [-0.4, -0.2) is 27.1 Å². The van der Waals surface area contributed by atoms with Crippen LogP contribution in [-0.2, 0) is 11.3 Å². The molecule has 1 atom stereocenters. The van der Waals surface area contributed by atoms with Crippen LogP contribution in [0.4, 0.5) is 0 Å². The number of benzene rings is 1. The summed E-state index contributed by atoms with van der Waals surface area (Å²) < 4.78 is 8.62. The molecule has 0 aliphatic carbocycles. The third kappa shape index (κ3) is 2.39. The van der Waals surface area contributed by atoms with Crippen LogP contribution in [0.15, 0.2) is 41.2 Å². The largest absolute Gasteiger partial charge is 0.860 e. The van der Waals surface area contributed by atoms with Gasteiger partial charge >= 0.3 is 0 Å². The third-order valence-electron chi connectivity index (χ3n) is 4.57. The monoisotopic (exact) mass is 324 g/mol. The first-order valence-corrected chi connectivity index (χ1v) is 8.12. The van der Waals surface area contributed by atoms with Crippen LogP contribution in [0.25, 0.3) is 16.9 Å². The molecule has 3 heterocycles. The van der Waals surface area contributed by atoms with Crippen molar-refractivity contribution in [1.29, 1.82) is 0 Å². The highest BCUT2D eigenvalue weighted by Gasteiger charge is 2.23. The summed E-state index contributed by atoms with van der Waals surface area (Å²) >= 11 is 0. The zero-order chi connectivity index (χ0) is 16.7. The molecule has 0 N–H and O–H groups in total. The molecule has 1 aromatic carbocycles. The second kappa shape index (κ2) is 5.79. The Labute approximate surface area is 139 Å². The summed E-state index contributed by atoms with van der Waals surface area (Å²) in [6.45, 7) is 3.02. The minimum absolute atomic E-state index is 0.0399. The van der Waals surface area contributed by atoms with Gasteiger partial charge in [0.25, 0.3) is 5.56 Å². The van der Waals surface area contributed by atoms with E-state index in [2.05, 4.69) is 5.10 Å². The van der Waals surface area contributed by atoms with Crippen LogP contribution in [0.3, 0.4) is 0 Å². The predicted molar refractivity (Wildman–Crippen MR) is 87.6 cm³/mol. The van der Waals surface area contributed by atoms with Crippen LogP contribution in [0.2, 0.25) is 0 Å². The number of fused-ring (bicyclic) bond motifs is 1.